The van der Waals surface area contributed by atoms with Crippen LogP contribution in [-0.4, -0.2) is 19.9 Å². The summed E-state index contributed by atoms with van der Waals surface area (Å²) in [5.41, 5.74) is 0. The Morgan fingerprint density at radius 3 is 2.57 bits per heavy atom. The lowest BCUT2D eigenvalue weighted by atomic mass is 10.9. The van der Waals surface area contributed by atoms with Crippen molar-refractivity contribution in [3.05, 3.63) is 0 Å². The van der Waals surface area contributed by atoms with Crippen molar-refractivity contribution in [2.24, 2.45) is 0 Å². The van der Waals surface area contributed by atoms with Crippen LogP contribution in [0.3, 0.4) is 0 Å². The average molecular weight is 104 g/mol. The Morgan fingerprint density at radius 1 is 1.71 bits per heavy atom. The maximum absolute atomic E-state index is 4.83. The van der Waals surface area contributed by atoms with Crippen molar-refractivity contribution in [1.29, 1.82) is 0 Å². The summed E-state index contributed by atoms with van der Waals surface area (Å²) in [6, 6.07) is 0. The van der Waals surface area contributed by atoms with E-state index in [1.54, 1.807) is 0 Å². The maximum Gasteiger partial charge on any atom is 0.275 e. The summed E-state index contributed by atoms with van der Waals surface area (Å²) in [5, 5.41) is 0. The number of hydrogen-bond donors (Lipinski definition) is 0. The Hall–Kier alpha value is -0.120. The Morgan fingerprint density at radius 2 is 2.43 bits per heavy atom. The fraction of sp³-hybridized carbons (Fsp3) is 1.00. The molecule has 1 rings (SSSR count). The second-order valence-corrected chi connectivity index (χ2v) is 1.20. The Kier molecular flexibility index (Phi) is 1.62. The van der Waals surface area contributed by atoms with E-state index in [9.17, 15) is 0 Å². The van der Waals surface area contributed by atoms with Crippen LogP contribution in [-0.2, 0) is 14.2 Å². The monoisotopic (exact) mass is 104 g/mol. The molecule has 1 aliphatic heterocycles. The van der Waals surface area contributed by atoms with Crippen molar-refractivity contribution in [2.45, 2.75) is 13.4 Å². The molecule has 0 spiro atoms. The largest absolute Gasteiger partial charge is 0.330 e. The lowest BCUT2D eigenvalue weighted by Gasteiger charge is -2.25. The molecule has 3 nitrogen and oxygen atoms in total. The summed E-state index contributed by atoms with van der Waals surface area (Å²) in [7, 11) is 0. The van der Waals surface area contributed by atoms with Gasteiger partial charge in [-0.15, -0.1) is 0 Å². The van der Waals surface area contributed by atoms with Crippen LogP contribution < -0.4 is 0 Å². The molecule has 0 N–H and O–H groups in total. The Labute approximate surface area is 42.2 Å². The second kappa shape index (κ2) is 2.26. The quantitative estimate of drug-likeness (QED) is 0.504. The van der Waals surface area contributed by atoms with Gasteiger partial charge in [0.1, 0.15) is 0 Å². The van der Waals surface area contributed by atoms with E-state index in [-0.39, 0.29) is 6.48 Å². The van der Waals surface area contributed by atoms with E-state index < -0.39 is 0 Å². The van der Waals surface area contributed by atoms with Crippen LogP contribution in [0.15, 0.2) is 0 Å². The smallest absolute Gasteiger partial charge is 0.275 e. The van der Waals surface area contributed by atoms with Crippen molar-refractivity contribution in [3.63, 3.8) is 0 Å². The molecule has 0 bridgehead atoms. The molecule has 42 valence electrons. The van der Waals surface area contributed by atoms with Gasteiger partial charge in [0, 0.05) is 6.61 Å². The summed E-state index contributed by atoms with van der Waals surface area (Å²) in [6.07, 6.45) is 0. The van der Waals surface area contributed by atoms with E-state index in [0.717, 1.165) is 0 Å². The highest BCUT2D eigenvalue weighted by Gasteiger charge is 2.17. The zero-order valence-corrected chi connectivity index (χ0v) is 4.22. The summed E-state index contributed by atoms with van der Waals surface area (Å²) < 4.78 is 14.3. The minimum absolute atomic E-state index is 0.370. The van der Waals surface area contributed by atoms with Gasteiger partial charge in [-0.05, 0) is 6.92 Å². The molecule has 0 aliphatic carbocycles. The normalized spacial score (nSPS) is 21.9. The van der Waals surface area contributed by atoms with Gasteiger partial charge in [0.25, 0.3) is 6.48 Å². The molecule has 3 heteroatoms. The van der Waals surface area contributed by atoms with Crippen LogP contribution in [0, 0.1) is 0 Å². The first-order valence-electron chi connectivity index (χ1n) is 2.28. The minimum atomic E-state index is -0.370. The number of hydrogen-bond acceptors (Lipinski definition) is 3. The molecular formula is C4H8O3. The average Bonchev–Trinajstić information content (AvgIpc) is 1.55. The van der Waals surface area contributed by atoms with E-state index in [1.807, 2.05) is 6.92 Å². The first-order chi connectivity index (χ1) is 3.43. The Bertz CT molecular complexity index is 50.9. The van der Waals surface area contributed by atoms with Gasteiger partial charge >= 0.3 is 0 Å². The first-order valence-corrected chi connectivity index (χ1v) is 2.28. The van der Waals surface area contributed by atoms with Gasteiger partial charge in [0.15, 0.2) is 6.79 Å². The molecule has 0 aromatic rings. The molecule has 0 saturated carbocycles. The third-order valence-corrected chi connectivity index (χ3v) is 0.711. The highest BCUT2D eigenvalue weighted by Crippen LogP contribution is 2.06. The summed E-state index contributed by atoms with van der Waals surface area (Å²) in [4.78, 5) is 0. The van der Waals surface area contributed by atoms with E-state index in [0.29, 0.717) is 13.4 Å². The minimum Gasteiger partial charge on any atom is -0.330 e. The zero-order chi connectivity index (χ0) is 5.11. The number of ether oxygens (including phenoxy) is 3. The van der Waals surface area contributed by atoms with E-state index >= 15 is 0 Å². The predicted molar refractivity (Wildman–Crippen MR) is 22.5 cm³/mol. The molecule has 1 fully saturated rings. The van der Waals surface area contributed by atoms with Crippen LogP contribution in [0.4, 0.5) is 0 Å². The lowest BCUT2D eigenvalue weighted by Crippen LogP contribution is -2.32. The van der Waals surface area contributed by atoms with Gasteiger partial charge in [-0.3, -0.25) is 0 Å². The fourth-order valence-corrected chi connectivity index (χ4v) is 0.356. The molecule has 7 heavy (non-hydrogen) atoms. The highest BCUT2D eigenvalue weighted by atomic mass is 17.0. The molecule has 1 heterocycles. The van der Waals surface area contributed by atoms with Gasteiger partial charge in [-0.2, -0.15) is 0 Å². The predicted octanol–water partition coefficient (Wildman–Crippen LogP) is 0.311. The van der Waals surface area contributed by atoms with Crippen molar-refractivity contribution >= 4 is 0 Å². The lowest BCUT2D eigenvalue weighted by molar-refractivity contribution is -0.419. The zero-order valence-electron chi connectivity index (χ0n) is 4.22. The summed E-state index contributed by atoms with van der Waals surface area (Å²) in [6.45, 7) is 2.55. The Balaban J connectivity index is 1.93. The van der Waals surface area contributed by atoms with E-state index in [4.69, 9.17) is 14.2 Å². The summed E-state index contributed by atoms with van der Waals surface area (Å²) >= 11 is 0. The standard InChI is InChI=1S/C4H8O3/c1-2-5-4-6-3-7-4/h4H,2-3H2,1H3. The molecule has 1 saturated heterocycles. The van der Waals surface area contributed by atoms with Crippen molar-refractivity contribution < 1.29 is 14.2 Å². The van der Waals surface area contributed by atoms with Gasteiger partial charge in [0.05, 0.1) is 0 Å². The molecule has 0 atom stereocenters. The molecule has 0 amide bonds. The van der Waals surface area contributed by atoms with Gasteiger partial charge in [0.2, 0.25) is 0 Å². The third kappa shape index (κ3) is 1.12. The highest BCUT2D eigenvalue weighted by molar-refractivity contribution is 4.27. The topological polar surface area (TPSA) is 27.7 Å². The van der Waals surface area contributed by atoms with Crippen LogP contribution in [0.2, 0.25) is 0 Å². The first kappa shape index (κ1) is 5.03. The SMILES string of the molecule is CCOC1OCO1. The molecule has 0 aromatic heterocycles. The molecule has 1 aliphatic rings. The van der Waals surface area contributed by atoms with E-state index in [2.05, 4.69) is 0 Å². The van der Waals surface area contributed by atoms with E-state index in [1.165, 1.54) is 0 Å². The van der Waals surface area contributed by atoms with Crippen LogP contribution in [0.1, 0.15) is 6.92 Å². The van der Waals surface area contributed by atoms with Crippen LogP contribution in [0.5, 0.6) is 0 Å². The van der Waals surface area contributed by atoms with Crippen LogP contribution in [0.25, 0.3) is 0 Å². The van der Waals surface area contributed by atoms with Gasteiger partial charge in [-0.25, -0.2) is 0 Å². The number of rotatable bonds is 2. The fourth-order valence-electron chi connectivity index (χ4n) is 0.356. The van der Waals surface area contributed by atoms with Crippen molar-refractivity contribution in [2.75, 3.05) is 13.4 Å². The van der Waals surface area contributed by atoms with Gasteiger partial charge in [-0.1, -0.05) is 0 Å². The molecule has 0 aromatic carbocycles. The van der Waals surface area contributed by atoms with Crippen LogP contribution >= 0.6 is 0 Å². The van der Waals surface area contributed by atoms with Gasteiger partial charge < -0.3 is 14.2 Å². The molecule has 0 radical (unpaired) electrons. The summed E-state index contributed by atoms with van der Waals surface area (Å²) in [5.74, 6) is 0. The molecular weight excluding hydrogens is 96.0 g/mol. The van der Waals surface area contributed by atoms with Crippen molar-refractivity contribution in [1.82, 2.24) is 0 Å². The second-order valence-electron chi connectivity index (χ2n) is 1.20. The third-order valence-electron chi connectivity index (χ3n) is 0.711. The molecule has 0 unspecified atom stereocenters. The van der Waals surface area contributed by atoms with Crippen molar-refractivity contribution in [3.8, 4) is 0 Å². The maximum atomic E-state index is 4.83.